The molecule has 1 aromatic carbocycles. The minimum absolute atomic E-state index is 0.332. The van der Waals surface area contributed by atoms with Gasteiger partial charge in [-0.1, -0.05) is 28.4 Å². The molecule has 0 saturated carbocycles. The van der Waals surface area contributed by atoms with Gasteiger partial charge in [-0.05, 0) is 18.2 Å². The molecule has 0 radical (unpaired) electrons. The topological polar surface area (TPSA) is 51.0 Å². The van der Waals surface area contributed by atoms with Gasteiger partial charge in [-0.3, -0.25) is 0 Å². The third-order valence-corrected chi connectivity index (χ3v) is 3.49. The van der Waals surface area contributed by atoms with Gasteiger partial charge in [0.2, 0.25) is 11.7 Å². The summed E-state index contributed by atoms with van der Waals surface area (Å²) in [7, 11) is 0. The lowest BCUT2D eigenvalue weighted by molar-refractivity contribution is 0.308. The first kappa shape index (κ1) is 11.0. The first-order valence-electron chi connectivity index (χ1n) is 5.24. The summed E-state index contributed by atoms with van der Waals surface area (Å²) in [6, 6.07) is 5.28. The fraction of sp³-hybridized carbons (Fsp3) is 0.273. The van der Waals surface area contributed by atoms with Crippen LogP contribution in [0.1, 0.15) is 11.8 Å². The van der Waals surface area contributed by atoms with Crippen molar-refractivity contribution in [2.24, 2.45) is 0 Å². The van der Waals surface area contributed by atoms with Crippen LogP contribution in [-0.2, 0) is 0 Å². The second-order valence-electron chi connectivity index (χ2n) is 3.94. The van der Waals surface area contributed by atoms with Gasteiger partial charge in [0.25, 0.3) is 0 Å². The molecule has 2 heterocycles. The van der Waals surface area contributed by atoms with Crippen molar-refractivity contribution in [2.45, 2.75) is 5.92 Å². The number of rotatable bonds is 2. The zero-order valence-corrected chi connectivity index (χ0v) is 10.3. The summed E-state index contributed by atoms with van der Waals surface area (Å²) in [4.78, 5) is 4.35. The molecule has 1 aliphatic rings. The molecule has 0 spiro atoms. The van der Waals surface area contributed by atoms with Gasteiger partial charge >= 0.3 is 0 Å². The maximum Gasteiger partial charge on any atom is 0.232 e. The van der Waals surface area contributed by atoms with Gasteiger partial charge in [0.1, 0.15) is 0 Å². The first-order chi connectivity index (χ1) is 8.24. The molecule has 1 saturated heterocycles. The van der Waals surface area contributed by atoms with Crippen LogP contribution in [0.25, 0.3) is 11.4 Å². The molecule has 0 amide bonds. The molecule has 0 atom stereocenters. The third-order valence-electron chi connectivity index (χ3n) is 2.75. The zero-order chi connectivity index (χ0) is 11.8. The van der Waals surface area contributed by atoms with E-state index in [9.17, 15) is 0 Å². The van der Waals surface area contributed by atoms with E-state index < -0.39 is 0 Å². The predicted octanol–water partition coefficient (Wildman–Crippen LogP) is 2.73. The van der Waals surface area contributed by atoms with Gasteiger partial charge in [-0.25, -0.2) is 0 Å². The minimum atomic E-state index is 0.332. The quantitative estimate of drug-likeness (QED) is 0.911. The largest absolute Gasteiger partial charge is 0.339 e. The Kier molecular flexibility index (Phi) is 2.78. The number of nitrogens with one attached hydrogen (secondary N) is 1. The van der Waals surface area contributed by atoms with Gasteiger partial charge in [0, 0.05) is 18.7 Å². The number of aromatic nitrogens is 2. The van der Waals surface area contributed by atoms with Gasteiger partial charge in [-0.2, -0.15) is 4.98 Å². The molecule has 6 heteroatoms. The number of hydrogen-bond acceptors (Lipinski definition) is 4. The van der Waals surface area contributed by atoms with Gasteiger partial charge in [-0.15, -0.1) is 0 Å². The van der Waals surface area contributed by atoms with Gasteiger partial charge in [0.05, 0.1) is 16.0 Å². The monoisotopic (exact) mass is 269 g/mol. The number of hydrogen-bond donors (Lipinski definition) is 1. The average molecular weight is 270 g/mol. The predicted molar refractivity (Wildman–Crippen MR) is 65.4 cm³/mol. The summed E-state index contributed by atoms with van der Waals surface area (Å²) in [6.07, 6.45) is 0. The van der Waals surface area contributed by atoms with E-state index in [-0.39, 0.29) is 0 Å². The molecule has 88 valence electrons. The highest BCUT2D eigenvalue weighted by molar-refractivity contribution is 6.42. The highest BCUT2D eigenvalue weighted by Gasteiger charge is 2.25. The molecule has 1 aromatic heterocycles. The molecular weight excluding hydrogens is 261 g/mol. The van der Waals surface area contributed by atoms with Crippen LogP contribution < -0.4 is 5.32 Å². The Morgan fingerprint density at radius 2 is 2.06 bits per heavy atom. The molecule has 0 aliphatic carbocycles. The van der Waals surface area contributed by atoms with E-state index in [1.807, 2.05) is 6.07 Å². The SMILES string of the molecule is Clc1ccc(-c2noc(C3CNC3)n2)cc1Cl. The standard InChI is InChI=1S/C11H9Cl2N3O/c12-8-2-1-6(3-9(8)13)10-15-11(17-16-10)7-4-14-5-7/h1-3,7,14H,4-5H2. The van der Waals surface area contributed by atoms with Crippen LogP contribution in [-0.4, -0.2) is 23.2 Å². The molecule has 4 nitrogen and oxygen atoms in total. The van der Waals surface area contributed by atoms with Crippen molar-refractivity contribution in [2.75, 3.05) is 13.1 Å². The molecule has 1 N–H and O–H groups in total. The average Bonchev–Trinajstić information content (AvgIpc) is 2.69. The lowest BCUT2D eigenvalue weighted by atomic mass is 10.0. The van der Waals surface area contributed by atoms with Crippen LogP contribution in [0.15, 0.2) is 22.7 Å². The molecular formula is C11H9Cl2N3O. The fourth-order valence-electron chi connectivity index (χ4n) is 1.62. The number of halogens is 2. The maximum atomic E-state index is 5.94. The van der Waals surface area contributed by atoms with Crippen LogP contribution >= 0.6 is 23.2 Å². The fourth-order valence-corrected chi connectivity index (χ4v) is 1.91. The van der Waals surface area contributed by atoms with Crippen molar-refractivity contribution in [1.29, 1.82) is 0 Å². The highest BCUT2D eigenvalue weighted by Crippen LogP contribution is 2.28. The minimum Gasteiger partial charge on any atom is -0.339 e. The molecule has 3 rings (SSSR count). The first-order valence-corrected chi connectivity index (χ1v) is 5.99. The Morgan fingerprint density at radius 3 is 2.71 bits per heavy atom. The number of benzene rings is 1. The summed E-state index contributed by atoms with van der Waals surface area (Å²) in [6.45, 7) is 1.78. The van der Waals surface area contributed by atoms with Gasteiger partial charge < -0.3 is 9.84 Å². The zero-order valence-electron chi connectivity index (χ0n) is 8.78. The summed E-state index contributed by atoms with van der Waals surface area (Å²) >= 11 is 11.8. The summed E-state index contributed by atoms with van der Waals surface area (Å²) in [5, 5.41) is 8.11. The van der Waals surface area contributed by atoms with E-state index in [1.54, 1.807) is 12.1 Å². The normalized spacial score (nSPS) is 15.9. The van der Waals surface area contributed by atoms with Crippen LogP contribution in [0.2, 0.25) is 10.0 Å². The Morgan fingerprint density at radius 1 is 1.24 bits per heavy atom. The van der Waals surface area contributed by atoms with Crippen LogP contribution in [0, 0.1) is 0 Å². The van der Waals surface area contributed by atoms with E-state index in [0.29, 0.717) is 27.7 Å². The molecule has 17 heavy (non-hydrogen) atoms. The molecule has 1 fully saturated rings. The van der Waals surface area contributed by atoms with Crippen LogP contribution in [0.4, 0.5) is 0 Å². The van der Waals surface area contributed by atoms with E-state index >= 15 is 0 Å². The Hall–Kier alpha value is -1.10. The van der Waals surface area contributed by atoms with Crippen molar-refractivity contribution in [3.8, 4) is 11.4 Å². The van der Waals surface area contributed by atoms with Crippen LogP contribution in [0.3, 0.4) is 0 Å². The summed E-state index contributed by atoms with van der Waals surface area (Å²) in [5.41, 5.74) is 0.807. The highest BCUT2D eigenvalue weighted by atomic mass is 35.5. The maximum absolute atomic E-state index is 5.94. The van der Waals surface area contributed by atoms with Crippen molar-refractivity contribution in [1.82, 2.24) is 15.5 Å². The lowest BCUT2D eigenvalue weighted by Crippen LogP contribution is -2.40. The summed E-state index contributed by atoms with van der Waals surface area (Å²) in [5.74, 6) is 1.55. The molecule has 1 aliphatic heterocycles. The van der Waals surface area contributed by atoms with Crippen molar-refractivity contribution < 1.29 is 4.52 Å². The Balaban J connectivity index is 1.92. The third kappa shape index (κ3) is 2.04. The summed E-state index contributed by atoms with van der Waals surface area (Å²) < 4.78 is 5.22. The molecule has 0 unspecified atom stereocenters. The molecule has 0 bridgehead atoms. The Bertz CT molecular complexity index is 551. The van der Waals surface area contributed by atoms with Crippen LogP contribution in [0.5, 0.6) is 0 Å². The van der Waals surface area contributed by atoms with Gasteiger partial charge in [0.15, 0.2) is 0 Å². The Labute approximate surface area is 108 Å². The van der Waals surface area contributed by atoms with E-state index in [4.69, 9.17) is 27.7 Å². The number of nitrogens with zero attached hydrogens (tertiary/aromatic N) is 2. The lowest BCUT2D eigenvalue weighted by Gasteiger charge is -2.22. The second kappa shape index (κ2) is 4.29. The van der Waals surface area contributed by atoms with E-state index in [1.165, 1.54) is 0 Å². The smallest absolute Gasteiger partial charge is 0.232 e. The van der Waals surface area contributed by atoms with Crippen molar-refractivity contribution in [3.63, 3.8) is 0 Å². The van der Waals surface area contributed by atoms with E-state index in [0.717, 1.165) is 18.7 Å². The van der Waals surface area contributed by atoms with Crippen molar-refractivity contribution in [3.05, 3.63) is 34.1 Å². The van der Waals surface area contributed by atoms with E-state index in [2.05, 4.69) is 15.5 Å². The second-order valence-corrected chi connectivity index (χ2v) is 4.75. The van der Waals surface area contributed by atoms with Crippen molar-refractivity contribution >= 4 is 23.2 Å². The molecule has 2 aromatic rings.